The molecule has 1 fully saturated rings. The summed E-state index contributed by atoms with van der Waals surface area (Å²) < 4.78 is 1.60. The maximum absolute atomic E-state index is 12.8. The molecule has 0 spiro atoms. The van der Waals surface area contributed by atoms with E-state index < -0.39 is 0 Å². The largest absolute Gasteiger partial charge is 0.328 e. The number of carbonyl (C=O) groups excluding carboxylic acids is 2. The van der Waals surface area contributed by atoms with Gasteiger partial charge in [0.25, 0.3) is 0 Å². The van der Waals surface area contributed by atoms with Crippen LogP contribution in [0.2, 0.25) is 0 Å². The van der Waals surface area contributed by atoms with Crippen molar-refractivity contribution in [2.24, 2.45) is 0 Å². The van der Waals surface area contributed by atoms with Crippen LogP contribution in [0, 0.1) is 0 Å². The van der Waals surface area contributed by atoms with Crippen molar-refractivity contribution < 1.29 is 9.59 Å². The Labute approximate surface area is 130 Å². The van der Waals surface area contributed by atoms with Crippen molar-refractivity contribution in [3.63, 3.8) is 0 Å². The number of para-hydroxylation sites is 1. The van der Waals surface area contributed by atoms with Crippen LogP contribution in [0.4, 0.5) is 4.79 Å². The lowest BCUT2D eigenvalue weighted by atomic mass is 10.2. The van der Waals surface area contributed by atoms with E-state index in [1.54, 1.807) is 10.8 Å². The monoisotopic (exact) mass is 299 g/mol. The van der Waals surface area contributed by atoms with Crippen LogP contribution in [-0.4, -0.2) is 58.9 Å². The zero-order chi connectivity index (χ0) is 15.7. The van der Waals surface area contributed by atoms with Crippen molar-refractivity contribution in [2.45, 2.75) is 19.9 Å². The van der Waals surface area contributed by atoms with E-state index in [0.717, 1.165) is 43.4 Å². The fourth-order valence-electron chi connectivity index (χ4n) is 3.04. The number of nitrogens with zero attached hydrogens (tertiary/aromatic N) is 3. The van der Waals surface area contributed by atoms with Gasteiger partial charge >= 0.3 is 6.03 Å². The molecule has 0 radical (unpaired) electrons. The maximum atomic E-state index is 12.8. The summed E-state index contributed by atoms with van der Waals surface area (Å²) in [6.45, 7) is 7.58. The molecule has 1 aromatic carbocycles. The molecule has 22 heavy (non-hydrogen) atoms. The van der Waals surface area contributed by atoms with E-state index in [4.69, 9.17) is 0 Å². The molecule has 1 aliphatic heterocycles. The predicted molar refractivity (Wildman–Crippen MR) is 86.4 cm³/mol. The van der Waals surface area contributed by atoms with Crippen LogP contribution >= 0.6 is 0 Å². The first-order valence-electron chi connectivity index (χ1n) is 7.70. The first kappa shape index (κ1) is 14.8. The van der Waals surface area contributed by atoms with Gasteiger partial charge in [0.1, 0.15) is 0 Å². The number of carbonyl (C=O) groups is 2. The lowest BCUT2D eigenvalue weighted by Gasteiger charge is -2.36. The van der Waals surface area contributed by atoms with Crippen LogP contribution in [0.5, 0.6) is 0 Å². The molecule has 0 saturated carbocycles. The first-order valence-corrected chi connectivity index (χ1v) is 7.70. The molecule has 3 rings (SSSR count). The minimum atomic E-state index is -0.0484. The summed E-state index contributed by atoms with van der Waals surface area (Å²) >= 11 is 0. The minimum Gasteiger partial charge on any atom is -0.321 e. The summed E-state index contributed by atoms with van der Waals surface area (Å²) in [4.78, 5) is 28.2. The lowest BCUT2D eigenvalue weighted by Crippen LogP contribution is -2.51. The van der Waals surface area contributed by atoms with Crippen molar-refractivity contribution in [3.05, 3.63) is 36.0 Å². The molecule has 0 unspecified atom stereocenters. The third-order valence-electron chi connectivity index (χ3n) is 4.39. The highest BCUT2D eigenvalue weighted by Gasteiger charge is 2.24. The molecule has 1 aliphatic rings. The molecule has 0 aliphatic carbocycles. The molecule has 1 saturated heterocycles. The number of rotatable bonds is 2. The second-order valence-corrected chi connectivity index (χ2v) is 5.99. The van der Waals surface area contributed by atoms with Crippen LogP contribution in [-0.2, 0) is 0 Å². The SMILES string of the molecule is CC(C)N1CCN(C(=O)n2cc(C=O)c3ccccc32)CC1. The number of benzene rings is 1. The fraction of sp³-hybridized carbons (Fsp3) is 0.412. The van der Waals surface area contributed by atoms with Crippen molar-refractivity contribution >= 4 is 23.2 Å². The van der Waals surface area contributed by atoms with Crippen LogP contribution < -0.4 is 0 Å². The van der Waals surface area contributed by atoms with Crippen molar-refractivity contribution in [1.29, 1.82) is 0 Å². The number of amides is 1. The zero-order valence-corrected chi connectivity index (χ0v) is 13.0. The van der Waals surface area contributed by atoms with Gasteiger partial charge in [-0.3, -0.25) is 14.3 Å². The number of hydrogen-bond acceptors (Lipinski definition) is 3. The fourth-order valence-corrected chi connectivity index (χ4v) is 3.04. The second-order valence-electron chi connectivity index (χ2n) is 5.99. The van der Waals surface area contributed by atoms with Gasteiger partial charge in [-0.05, 0) is 19.9 Å². The molecular formula is C17H21N3O2. The molecule has 1 aromatic heterocycles. The molecule has 0 atom stereocenters. The molecule has 1 amide bonds. The molecular weight excluding hydrogens is 278 g/mol. The lowest BCUT2D eigenvalue weighted by molar-refractivity contribution is 0.112. The van der Waals surface area contributed by atoms with Gasteiger partial charge in [0.15, 0.2) is 6.29 Å². The summed E-state index contributed by atoms with van der Waals surface area (Å²) in [7, 11) is 0. The summed E-state index contributed by atoms with van der Waals surface area (Å²) in [6, 6.07) is 7.98. The number of aromatic nitrogens is 1. The Morgan fingerprint density at radius 3 is 2.45 bits per heavy atom. The summed E-state index contributed by atoms with van der Waals surface area (Å²) in [5.41, 5.74) is 1.35. The topological polar surface area (TPSA) is 45.5 Å². The molecule has 0 N–H and O–H groups in total. The summed E-state index contributed by atoms with van der Waals surface area (Å²) in [6.07, 6.45) is 2.46. The average molecular weight is 299 g/mol. The van der Waals surface area contributed by atoms with E-state index in [2.05, 4.69) is 18.7 Å². The first-order chi connectivity index (χ1) is 10.6. The highest BCUT2D eigenvalue weighted by molar-refractivity contribution is 6.02. The molecule has 2 heterocycles. The van der Waals surface area contributed by atoms with Gasteiger partial charge in [-0.1, -0.05) is 18.2 Å². The van der Waals surface area contributed by atoms with Gasteiger partial charge in [0.2, 0.25) is 0 Å². The zero-order valence-electron chi connectivity index (χ0n) is 13.0. The summed E-state index contributed by atoms with van der Waals surface area (Å²) in [5.74, 6) is 0. The molecule has 5 heteroatoms. The standard InChI is InChI=1S/C17H21N3O2/c1-13(2)18-7-9-19(10-8-18)17(22)20-11-14(12-21)15-5-3-4-6-16(15)20/h3-6,11-13H,7-10H2,1-2H3. The molecule has 0 bridgehead atoms. The number of piperazine rings is 1. The highest BCUT2D eigenvalue weighted by Crippen LogP contribution is 2.21. The van der Waals surface area contributed by atoms with E-state index in [9.17, 15) is 9.59 Å². The van der Waals surface area contributed by atoms with Crippen molar-refractivity contribution in [2.75, 3.05) is 26.2 Å². The van der Waals surface area contributed by atoms with E-state index in [1.807, 2.05) is 29.2 Å². The van der Waals surface area contributed by atoms with E-state index in [0.29, 0.717) is 11.6 Å². The number of hydrogen-bond donors (Lipinski definition) is 0. The van der Waals surface area contributed by atoms with Crippen molar-refractivity contribution in [1.82, 2.24) is 14.4 Å². The quantitative estimate of drug-likeness (QED) is 0.800. The smallest absolute Gasteiger partial charge is 0.321 e. The summed E-state index contributed by atoms with van der Waals surface area (Å²) in [5, 5.41) is 0.826. The van der Waals surface area contributed by atoms with Gasteiger partial charge in [-0.15, -0.1) is 0 Å². The molecule has 2 aromatic rings. The van der Waals surface area contributed by atoms with Crippen LogP contribution in [0.3, 0.4) is 0 Å². The van der Waals surface area contributed by atoms with Gasteiger partial charge in [0.05, 0.1) is 5.52 Å². The van der Waals surface area contributed by atoms with E-state index in [-0.39, 0.29) is 6.03 Å². The normalized spacial score (nSPS) is 16.4. The van der Waals surface area contributed by atoms with Gasteiger partial charge in [-0.2, -0.15) is 0 Å². The number of fused-ring (bicyclic) bond motifs is 1. The second kappa shape index (κ2) is 5.93. The van der Waals surface area contributed by atoms with E-state index in [1.165, 1.54) is 0 Å². The Morgan fingerprint density at radius 2 is 1.82 bits per heavy atom. The Hall–Kier alpha value is -2.14. The van der Waals surface area contributed by atoms with Crippen LogP contribution in [0.1, 0.15) is 24.2 Å². The maximum Gasteiger partial charge on any atom is 0.328 e. The Balaban J connectivity index is 1.86. The molecule has 116 valence electrons. The van der Waals surface area contributed by atoms with Gasteiger partial charge in [0, 0.05) is 49.4 Å². The Bertz CT molecular complexity index is 697. The van der Waals surface area contributed by atoms with Crippen LogP contribution in [0.25, 0.3) is 10.9 Å². The van der Waals surface area contributed by atoms with Crippen molar-refractivity contribution in [3.8, 4) is 0 Å². The van der Waals surface area contributed by atoms with Crippen LogP contribution in [0.15, 0.2) is 30.5 Å². The Morgan fingerprint density at radius 1 is 1.14 bits per heavy atom. The minimum absolute atomic E-state index is 0.0484. The molecule has 5 nitrogen and oxygen atoms in total. The third kappa shape index (κ3) is 2.52. The predicted octanol–water partition coefficient (Wildman–Crippen LogP) is 2.45. The highest BCUT2D eigenvalue weighted by atomic mass is 16.2. The van der Waals surface area contributed by atoms with Gasteiger partial charge in [-0.25, -0.2) is 4.79 Å². The van der Waals surface area contributed by atoms with Gasteiger partial charge < -0.3 is 4.90 Å². The Kier molecular flexibility index (Phi) is 3.98. The van der Waals surface area contributed by atoms with E-state index >= 15 is 0 Å². The third-order valence-corrected chi connectivity index (χ3v) is 4.39. The number of aldehydes is 1. The average Bonchev–Trinajstić information content (AvgIpc) is 2.93.